The quantitative estimate of drug-likeness (QED) is 0.864. The summed E-state index contributed by atoms with van der Waals surface area (Å²) in [6.07, 6.45) is 2.41. The number of carboxylic acid groups (broad SMARTS) is 1. The van der Waals surface area contributed by atoms with Crippen molar-refractivity contribution in [2.24, 2.45) is 0 Å². The summed E-state index contributed by atoms with van der Waals surface area (Å²) in [4.78, 5) is 10.7. The zero-order valence-corrected chi connectivity index (χ0v) is 11.1. The van der Waals surface area contributed by atoms with Gasteiger partial charge in [0.15, 0.2) is 9.84 Å². The second-order valence-electron chi connectivity index (χ2n) is 4.20. The van der Waals surface area contributed by atoms with Crippen molar-refractivity contribution in [1.29, 1.82) is 0 Å². The molecule has 0 atom stereocenters. The standard InChI is InChI=1S/C12H10FNO5S/c1-7-2-9(3-10(11(7)13)12(15)16)20(17,18)6-8-4-14-19-5-8/h2-5H,6H2,1H3,(H,15,16). The van der Waals surface area contributed by atoms with E-state index in [9.17, 15) is 17.6 Å². The Morgan fingerprint density at radius 3 is 2.70 bits per heavy atom. The van der Waals surface area contributed by atoms with Crippen molar-refractivity contribution >= 4 is 15.8 Å². The van der Waals surface area contributed by atoms with E-state index in [-0.39, 0.29) is 10.5 Å². The zero-order valence-electron chi connectivity index (χ0n) is 10.3. The Labute approximate surface area is 113 Å². The molecule has 2 rings (SSSR count). The van der Waals surface area contributed by atoms with Crippen molar-refractivity contribution in [2.75, 3.05) is 0 Å². The van der Waals surface area contributed by atoms with Gasteiger partial charge in [-0.25, -0.2) is 17.6 Å². The molecule has 1 aromatic carbocycles. The topological polar surface area (TPSA) is 97.5 Å². The minimum atomic E-state index is -3.81. The maximum absolute atomic E-state index is 13.6. The van der Waals surface area contributed by atoms with Gasteiger partial charge >= 0.3 is 5.97 Å². The van der Waals surface area contributed by atoms with Crippen LogP contribution in [0.4, 0.5) is 4.39 Å². The summed E-state index contributed by atoms with van der Waals surface area (Å²) >= 11 is 0. The van der Waals surface area contributed by atoms with Gasteiger partial charge in [0.2, 0.25) is 0 Å². The SMILES string of the molecule is Cc1cc(S(=O)(=O)Cc2cnoc2)cc(C(=O)O)c1F. The highest BCUT2D eigenvalue weighted by Crippen LogP contribution is 2.22. The highest BCUT2D eigenvalue weighted by Gasteiger charge is 2.22. The lowest BCUT2D eigenvalue weighted by Crippen LogP contribution is -2.09. The highest BCUT2D eigenvalue weighted by atomic mass is 32.2. The van der Waals surface area contributed by atoms with E-state index in [0.717, 1.165) is 12.1 Å². The van der Waals surface area contributed by atoms with Crippen molar-refractivity contribution in [3.8, 4) is 0 Å². The molecule has 0 aliphatic carbocycles. The van der Waals surface area contributed by atoms with Crippen LogP contribution in [0.1, 0.15) is 21.5 Å². The molecule has 2 aromatic rings. The fourth-order valence-corrected chi connectivity index (χ4v) is 3.07. The molecule has 0 saturated heterocycles. The Bertz CT molecular complexity index is 752. The number of aromatic carboxylic acids is 1. The number of aryl methyl sites for hydroxylation is 1. The lowest BCUT2D eigenvalue weighted by molar-refractivity contribution is 0.0691. The Kier molecular flexibility index (Phi) is 3.58. The molecule has 1 heterocycles. The lowest BCUT2D eigenvalue weighted by Gasteiger charge is -2.07. The summed E-state index contributed by atoms with van der Waals surface area (Å²) < 4.78 is 42.4. The predicted octanol–water partition coefficient (Wildman–Crippen LogP) is 1.79. The fraction of sp³-hybridized carbons (Fsp3) is 0.167. The second kappa shape index (κ2) is 5.04. The molecular formula is C12H10FNO5S. The second-order valence-corrected chi connectivity index (χ2v) is 6.19. The van der Waals surface area contributed by atoms with Crippen molar-refractivity contribution in [1.82, 2.24) is 5.16 Å². The number of rotatable bonds is 4. The molecule has 0 unspecified atom stereocenters. The Balaban J connectivity index is 2.49. The maximum atomic E-state index is 13.6. The Morgan fingerprint density at radius 1 is 1.45 bits per heavy atom. The summed E-state index contributed by atoms with van der Waals surface area (Å²) in [5.41, 5.74) is -0.397. The molecule has 0 saturated carbocycles. The van der Waals surface area contributed by atoms with Crippen molar-refractivity contribution < 1.29 is 27.2 Å². The van der Waals surface area contributed by atoms with Gasteiger partial charge in [-0.1, -0.05) is 5.16 Å². The van der Waals surface area contributed by atoms with E-state index in [1.54, 1.807) is 0 Å². The summed E-state index contributed by atoms with van der Waals surface area (Å²) in [6, 6.07) is 1.91. The summed E-state index contributed by atoms with van der Waals surface area (Å²) in [5, 5.41) is 12.3. The third kappa shape index (κ3) is 2.69. The number of nitrogens with zero attached hydrogens (tertiary/aromatic N) is 1. The fourth-order valence-electron chi connectivity index (χ4n) is 1.67. The van der Waals surface area contributed by atoms with Gasteiger partial charge in [0.1, 0.15) is 12.1 Å². The maximum Gasteiger partial charge on any atom is 0.338 e. The van der Waals surface area contributed by atoms with Crippen LogP contribution in [0.2, 0.25) is 0 Å². The molecule has 106 valence electrons. The smallest absolute Gasteiger partial charge is 0.338 e. The number of benzene rings is 1. The van der Waals surface area contributed by atoms with Crippen LogP contribution in [-0.4, -0.2) is 24.7 Å². The van der Waals surface area contributed by atoms with Crippen LogP contribution < -0.4 is 0 Å². The Hall–Kier alpha value is -2.22. The molecule has 0 bridgehead atoms. The monoisotopic (exact) mass is 299 g/mol. The van der Waals surface area contributed by atoms with Gasteiger partial charge in [0, 0.05) is 5.56 Å². The Morgan fingerprint density at radius 2 is 2.15 bits per heavy atom. The first-order valence-corrected chi connectivity index (χ1v) is 7.11. The molecule has 0 radical (unpaired) electrons. The summed E-state index contributed by atoms with van der Waals surface area (Å²) in [5.74, 6) is -2.87. The van der Waals surface area contributed by atoms with E-state index in [0.29, 0.717) is 5.56 Å². The average Bonchev–Trinajstić information content (AvgIpc) is 2.83. The van der Waals surface area contributed by atoms with Crippen LogP contribution >= 0.6 is 0 Å². The van der Waals surface area contributed by atoms with Crippen LogP contribution in [0.25, 0.3) is 0 Å². The molecule has 0 aliphatic heterocycles. The van der Waals surface area contributed by atoms with Crippen LogP contribution in [0, 0.1) is 12.7 Å². The van der Waals surface area contributed by atoms with Crippen LogP contribution in [0.15, 0.2) is 34.0 Å². The average molecular weight is 299 g/mol. The zero-order chi connectivity index (χ0) is 14.9. The third-order valence-electron chi connectivity index (χ3n) is 2.66. The lowest BCUT2D eigenvalue weighted by atomic mass is 10.1. The summed E-state index contributed by atoms with van der Waals surface area (Å²) in [7, 11) is -3.81. The molecule has 0 amide bonds. The highest BCUT2D eigenvalue weighted by molar-refractivity contribution is 7.90. The molecule has 1 aromatic heterocycles. The first-order chi connectivity index (χ1) is 9.31. The van der Waals surface area contributed by atoms with Gasteiger partial charge in [-0.2, -0.15) is 0 Å². The van der Waals surface area contributed by atoms with Gasteiger partial charge in [-0.15, -0.1) is 0 Å². The third-order valence-corrected chi connectivity index (χ3v) is 4.33. The van der Waals surface area contributed by atoms with Gasteiger partial charge in [-0.05, 0) is 24.6 Å². The van der Waals surface area contributed by atoms with Crippen molar-refractivity contribution in [2.45, 2.75) is 17.6 Å². The normalized spacial score (nSPS) is 11.5. The van der Waals surface area contributed by atoms with E-state index in [4.69, 9.17) is 5.11 Å². The van der Waals surface area contributed by atoms with Gasteiger partial charge in [0.25, 0.3) is 0 Å². The minimum absolute atomic E-state index is 0.0474. The summed E-state index contributed by atoms with van der Waals surface area (Å²) in [6.45, 7) is 1.31. The van der Waals surface area contributed by atoms with Gasteiger partial charge < -0.3 is 9.63 Å². The van der Waals surface area contributed by atoms with Gasteiger partial charge in [0.05, 0.1) is 22.4 Å². The van der Waals surface area contributed by atoms with Crippen LogP contribution in [0.5, 0.6) is 0 Å². The van der Waals surface area contributed by atoms with Crippen molar-refractivity contribution in [3.63, 3.8) is 0 Å². The van der Waals surface area contributed by atoms with Crippen molar-refractivity contribution in [3.05, 3.63) is 47.1 Å². The molecule has 0 spiro atoms. The van der Waals surface area contributed by atoms with Crippen LogP contribution in [0.3, 0.4) is 0 Å². The van der Waals surface area contributed by atoms with E-state index >= 15 is 0 Å². The van der Waals surface area contributed by atoms with E-state index in [1.807, 2.05) is 0 Å². The molecule has 20 heavy (non-hydrogen) atoms. The van der Waals surface area contributed by atoms with E-state index in [1.165, 1.54) is 19.4 Å². The van der Waals surface area contributed by atoms with Gasteiger partial charge in [-0.3, -0.25) is 0 Å². The number of hydrogen-bond acceptors (Lipinski definition) is 5. The van der Waals surface area contributed by atoms with Crippen LogP contribution in [-0.2, 0) is 15.6 Å². The number of carbonyl (C=O) groups is 1. The molecule has 6 nitrogen and oxygen atoms in total. The molecular weight excluding hydrogens is 289 g/mol. The minimum Gasteiger partial charge on any atom is -0.478 e. The molecule has 8 heteroatoms. The molecule has 0 aliphatic rings. The van der Waals surface area contributed by atoms with E-state index in [2.05, 4.69) is 9.68 Å². The molecule has 1 N–H and O–H groups in total. The number of sulfone groups is 1. The predicted molar refractivity (Wildman–Crippen MR) is 65.5 cm³/mol. The largest absolute Gasteiger partial charge is 0.478 e. The molecule has 0 fully saturated rings. The number of halogens is 1. The number of carboxylic acids is 1. The first-order valence-electron chi connectivity index (χ1n) is 5.45. The number of aromatic nitrogens is 1. The van der Waals surface area contributed by atoms with E-state index < -0.39 is 32.9 Å². The first kappa shape index (κ1) is 14.2. The number of hydrogen-bond donors (Lipinski definition) is 1.